The highest BCUT2D eigenvalue weighted by molar-refractivity contribution is 7.92. The molecule has 0 saturated heterocycles. The van der Waals surface area contributed by atoms with E-state index in [1.807, 2.05) is 13.8 Å². The third-order valence-electron chi connectivity index (χ3n) is 6.61. The molecule has 3 aromatic rings. The fourth-order valence-electron chi connectivity index (χ4n) is 4.28. The Kier molecular flexibility index (Phi) is 11.6. The van der Waals surface area contributed by atoms with Gasteiger partial charge in [-0.25, -0.2) is 12.8 Å². The summed E-state index contributed by atoms with van der Waals surface area (Å²) in [5, 5.41) is 3.42. The van der Waals surface area contributed by atoms with E-state index in [-0.39, 0.29) is 33.6 Å². The Bertz CT molecular complexity index is 1450. The van der Waals surface area contributed by atoms with E-state index in [0.717, 1.165) is 28.8 Å². The third kappa shape index (κ3) is 7.99. The van der Waals surface area contributed by atoms with Crippen LogP contribution in [0.3, 0.4) is 0 Å². The van der Waals surface area contributed by atoms with Gasteiger partial charge in [-0.05, 0) is 56.2 Å². The number of nitrogens with one attached hydrogen (secondary N) is 1. The van der Waals surface area contributed by atoms with Crippen molar-refractivity contribution in [1.82, 2.24) is 10.2 Å². The number of anilines is 1. The molecule has 0 aliphatic rings. The summed E-state index contributed by atoms with van der Waals surface area (Å²) < 4.78 is 43.5. The zero-order valence-electron chi connectivity index (χ0n) is 23.2. The summed E-state index contributed by atoms with van der Waals surface area (Å²) >= 11 is 12.8. The van der Waals surface area contributed by atoms with Crippen LogP contribution in [0.4, 0.5) is 10.1 Å². The summed E-state index contributed by atoms with van der Waals surface area (Å²) in [6, 6.07) is 15.3. The van der Waals surface area contributed by atoms with E-state index in [9.17, 15) is 18.0 Å². The van der Waals surface area contributed by atoms with Crippen LogP contribution in [0.2, 0.25) is 10.0 Å². The van der Waals surface area contributed by atoms with Gasteiger partial charge in [0.1, 0.15) is 18.4 Å². The van der Waals surface area contributed by atoms with Gasteiger partial charge in [0.05, 0.1) is 10.6 Å². The van der Waals surface area contributed by atoms with E-state index < -0.39 is 40.2 Å². The monoisotopic (exact) mass is 621 g/mol. The zero-order valence-corrected chi connectivity index (χ0v) is 25.6. The second-order valence-electron chi connectivity index (χ2n) is 9.57. The normalized spacial score (nSPS) is 12.0. The predicted molar refractivity (Wildman–Crippen MR) is 161 cm³/mol. The number of benzene rings is 3. The van der Waals surface area contributed by atoms with E-state index in [0.29, 0.717) is 12.1 Å². The molecular weight excluding hydrogens is 588 g/mol. The van der Waals surface area contributed by atoms with Crippen LogP contribution in [0.15, 0.2) is 71.6 Å². The number of hydrogen-bond acceptors (Lipinski definition) is 4. The lowest BCUT2D eigenvalue weighted by Crippen LogP contribution is -2.52. The molecule has 0 spiro atoms. The smallest absolute Gasteiger partial charge is 0.264 e. The van der Waals surface area contributed by atoms with Gasteiger partial charge in [0.15, 0.2) is 0 Å². The van der Waals surface area contributed by atoms with Crippen molar-refractivity contribution in [2.75, 3.05) is 17.4 Å². The maximum Gasteiger partial charge on any atom is 0.264 e. The fourth-order valence-corrected chi connectivity index (χ4v) is 6.22. The minimum atomic E-state index is -4.39. The molecule has 1 N–H and O–H groups in total. The lowest BCUT2D eigenvalue weighted by atomic mass is 10.1. The van der Waals surface area contributed by atoms with Crippen LogP contribution in [0, 0.1) is 12.7 Å². The van der Waals surface area contributed by atoms with Gasteiger partial charge >= 0.3 is 0 Å². The molecule has 0 heterocycles. The number of aryl methyl sites for hydroxylation is 1. The molecule has 3 rings (SSSR count). The molecule has 220 valence electrons. The van der Waals surface area contributed by atoms with E-state index in [2.05, 4.69) is 5.32 Å². The van der Waals surface area contributed by atoms with Crippen LogP contribution < -0.4 is 9.62 Å². The highest BCUT2D eigenvalue weighted by Gasteiger charge is 2.35. The van der Waals surface area contributed by atoms with Gasteiger partial charge in [0.25, 0.3) is 10.0 Å². The van der Waals surface area contributed by atoms with Gasteiger partial charge in [-0.3, -0.25) is 13.9 Å². The third-order valence-corrected chi connectivity index (χ3v) is 9.10. The van der Waals surface area contributed by atoms with Crippen LogP contribution in [0.25, 0.3) is 0 Å². The minimum Gasteiger partial charge on any atom is -0.354 e. The predicted octanol–water partition coefficient (Wildman–Crippen LogP) is 6.36. The number of sulfonamides is 1. The second-order valence-corrected chi connectivity index (χ2v) is 12.2. The molecule has 0 aliphatic heterocycles. The quantitative estimate of drug-likeness (QED) is 0.225. The largest absolute Gasteiger partial charge is 0.354 e. The molecule has 41 heavy (non-hydrogen) atoms. The highest BCUT2D eigenvalue weighted by atomic mass is 35.5. The molecular formula is C30H34Cl2FN3O4S. The van der Waals surface area contributed by atoms with E-state index in [4.69, 9.17) is 23.2 Å². The summed E-state index contributed by atoms with van der Waals surface area (Å²) in [6.07, 6.45) is 1.85. The molecule has 3 aromatic carbocycles. The van der Waals surface area contributed by atoms with E-state index in [1.54, 1.807) is 37.3 Å². The Morgan fingerprint density at radius 2 is 1.59 bits per heavy atom. The fraction of sp³-hybridized carbons (Fsp3) is 0.333. The number of unbranched alkanes of at least 4 members (excludes halogenated alkanes) is 1. The molecule has 2 amide bonds. The molecule has 0 fully saturated rings. The van der Waals surface area contributed by atoms with Crippen molar-refractivity contribution in [3.8, 4) is 0 Å². The number of hydrogen-bond donors (Lipinski definition) is 1. The summed E-state index contributed by atoms with van der Waals surface area (Å²) in [5.74, 6) is -1.94. The van der Waals surface area contributed by atoms with Crippen molar-refractivity contribution in [1.29, 1.82) is 0 Å². The number of nitrogens with zero attached hydrogens (tertiary/aromatic N) is 2. The molecule has 11 heteroatoms. The maximum absolute atomic E-state index is 15.0. The first-order chi connectivity index (χ1) is 19.5. The first-order valence-corrected chi connectivity index (χ1v) is 15.5. The van der Waals surface area contributed by atoms with Crippen molar-refractivity contribution in [2.24, 2.45) is 0 Å². The second kappa shape index (κ2) is 14.7. The summed E-state index contributed by atoms with van der Waals surface area (Å²) in [6.45, 7) is 5.04. The summed E-state index contributed by atoms with van der Waals surface area (Å²) in [5.41, 5.74) is 0.945. The number of rotatable bonds is 13. The Labute approximate surface area is 251 Å². The number of halogens is 3. The van der Waals surface area contributed by atoms with Crippen molar-refractivity contribution in [2.45, 2.75) is 57.5 Å². The Morgan fingerprint density at radius 1 is 0.951 bits per heavy atom. The standard InChI is InChI=1S/C30H34Cl2FN3O4S/c1-4-6-18-34-30(38)27(5-2)35(19-23-24(31)10-9-11-25(23)32)29(37)20-36(28-13-8-7-12-26(28)33)41(39,40)22-16-14-21(3)15-17-22/h7-17,27H,4-6,18-20H2,1-3H3,(H,34,38). The molecule has 1 atom stereocenters. The van der Waals surface area contributed by atoms with Crippen molar-refractivity contribution in [3.05, 3.63) is 93.7 Å². The van der Waals surface area contributed by atoms with Crippen LogP contribution in [-0.4, -0.2) is 44.3 Å². The Balaban J connectivity index is 2.09. The molecule has 7 nitrogen and oxygen atoms in total. The van der Waals surface area contributed by atoms with Crippen LogP contribution in [0.5, 0.6) is 0 Å². The lowest BCUT2D eigenvalue weighted by Gasteiger charge is -2.33. The van der Waals surface area contributed by atoms with Gasteiger partial charge in [0.2, 0.25) is 11.8 Å². The molecule has 0 saturated carbocycles. The Hall–Kier alpha value is -3.14. The number of amides is 2. The SMILES string of the molecule is CCCCNC(=O)C(CC)N(Cc1c(Cl)cccc1Cl)C(=O)CN(c1ccccc1F)S(=O)(=O)c1ccc(C)cc1. The summed E-state index contributed by atoms with van der Waals surface area (Å²) in [7, 11) is -4.39. The highest BCUT2D eigenvalue weighted by Crippen LogP contribution is 2.29. The van der Waals surface area contributed by atoms with Crippen LogP contribution >= 0.6 is 23.2 Å². The maximum atomic E-state index is 15.0. The molecule has 0 aromatic heterocycles. The first-order valence-electron chi connectivity index (χ1n) is 13.3. The topological polar surface area (TPSA) is 86.8 Å². The van der Waals surface area contributed by atoms with Gasteiger partial charge < -0.3 is 10.2 Å². The Morgan fingerprint density at radius 3 is 2.17 bits per heavy atom. The number of carbonyl (C=O) groups excluding carboxylic acids is 2. The van der Waals surface area contributed by atoms with Crippen molar-refractivity contribution < 1.29 is 22.4 Å². The van der Waals surface area contributed by atoms with E-state index in [1.165, 1.54) is 35.2 Å². The summed E-state index contributed by atoms with van der Waals surface area (Å²) in [4.78, 5) is 28.5. The van der Waals surface area contributed by atoms with Crippen molar-refractivity contribution in [3.63, 3.8) is 0 Å². The van der Waals surface area contributed by atoms with Gasteiger partial charge in [-0.1, -0.05) is 79.4 Å². The zero-order chi connectivity index (χ0) is 30.2. The number of para-hydroxylation sites is 1. The van der Waals surface area contributed by atoms with Gasteiger partial charge in [-0.2, -0.15) is 0 Å². The molecule has 1 unspecified atom stereocenters. The number of carbonyl (C=O) groups is 2. The van der Waals surface area contributed by atoms with E-state index >= 15 is 4.39 Å². The average molecular weight is 623 g/mol. The van der Waals surface area contributed by atoms with Crippen LogP contribution in [0.1, 0.15) is 44.2 Å². The molecule has 0 radical (unpaired) electrons. The molecule has 0 bridgehead atoms. The average Bonchev–Trinajstić information content (AvgIpc) is 2.94. The van der Waals surface area contributed by atoms with Gasteiger partial charge in [-0.15, -0.1) is 0 Å². The van der Waals surface area contributed by atoms with Gasteiger partial charge in [0, 0.05) is 28.7 Å². The minimum absolute atomic E-state index is 0.107. The van der Waals surface area contributed by atoms with Crippen molar-refractivity contribution >= 4 is 50.7 Å². The molecule has 0 aliphatic carbocycles. The first kappa shape index (κ1) is 32.4. The van der Waals surface area contributed by atoms with Crippen LogP contribution in [-0.2, 0) is 26.2 Å². The lowest BCUT2D eigenvalue weighted by molar-refractivity contribution is -0.140.